The molecular formula is C11H16N2OS. The molecule has 4 heteroatoms. The normalized spacial score (nSPS) is 16.1. The number of thioether (sulfide) groups is 1. The number of hydrogen-bond donors (Lipinski definition) is 1. The van der Waals surface area contributed by atoms with Gasteiger partial charge in [-0.2, -0.15) is 11.8 Å². The molecule has 0 aromatic carbocycles. The Bertz CT molecular complexity index is 315. The maximum atomic E-state index is 5.21. The molecule has 1 aromatic rings. The summed E-state index contributed by atoms with van der Waals surface area (Å²) in [7, 11) is 1.67. The molecule has 82 valence electrons. The van der Waals surface area contributed by atoms with Crippen LogP contribution in [0.4, 0.5) is 0 Å². The molecule has 3 nitrogen and oxygen atoms in total. The monoisotopic (exact) mass is 224 g/mol. The number of ether oxygens (including phenoxy) is 1. The minimum Gasteiger partial charge on any atom is -0.481 e. The van der Waals surface area contributed by atoms with Gasteiger partial charge in [0.2, 0.25) is 5.88 Å². The number of nitrogens with one attached hydrogen (secondary N) is 1. The van der Waals surface area contributed by atoms with E-state index in [9.17, 15) is 0 Å². The van der Waals surface area contributed by atoms with Crippen LogP contribution < -0.4 is 10.1 Å². The number of nitrogens with zero attached hydrogens (tertiary/aromatic N) is 1. The lowest BCUT2D eigenvalue weighted by Gasteiger charge is -2.26. The zero-order valence-electron chi connectivity index (χ0n) is 8.90. The molecule has 0 spiro atoms. The zero-order valence-corrected chi connectivity index (χ0v) is 9.72. The van der Waals surface area contributed by atoms with Gasteiger partial charge in [-0.05, 0) is 30.8 Å². The summed E-state index contributed by atoms with van der Waals surface area (Å²) < 4.78 is 5.21. The van der Waals surface area contributed by atoms with Gasteiger partial charge >= 0.3 is 0 Å². The van der Waals surface area contributed by atoms with Gasteiger partial charge in [-0.1, -0.05) is 6.07 Å². The van der Waals surface area contributed by atoms with Gasteiger partial charge in [-0.15, -0.1) is 0 Å². The average molecular weight is 224 g/mol. The highest BCUT2D eigenvalue weighted by molar-refractivity contribution is 7.98. The van der Waals surface area contributed by atoms with Gasteiger partial charge in [0.1, 0.15) is 0 Å². The highest BCUT2D eigenvalue weighted by Crippen LogP contribution is 2.22. The molecule has 1 aromatic heterocycles. The van der Waals surface area contributed by atoms with Crippen LogP contribution in [-0.4, -0.2) is 30.9 Å². The van der Waals surface area contributed by atoms with Crippen LogP contribution in [0.5, 0.6) is 5.88 Å². The Hall–Kier alpha value is -0.740. The van der Waals surface area contributed by atoms with Crippen molar-refractivity contribution in [2.24, 2.45) is 5.92 Å². The molecule has 1 N–H and O–H groups in total. The standard InChI is InChI=1S/C11H16N2OS/c1-14-11-10(3-2-4-13-11)8-15-7-9-5-12-6-9/h2-4,9,12H,5-8H2,1H3. The Morgan fingerprint density at radius 1 is 1.60 bits per heavy atom. The van der Waals surface area contributed by atoms with E-state index in [2.05, 4.69) is 16.4 Å². The molecule has 1 aliphatic heterocycles. The van der Waals surface area contributed by atoms with E-state index in [0.717, 1.165) is 17.6 Å². The predicted octanol–water partition coefficient (Wildman–Crippen LogP) is 1.54. The van der Waals surface area contributed by atoms with E-state index in [1.54, 1.807) is 13.3 Å². The fraction of sp³-hybridized carbons (Fsp3) is 0.545. The second kappa shape index (κ2) is 5.37. The first kappa shape index (κ1) is 10.8. The van der Waals surface area contributed by atoms with Gasteiger partial charge in [-0.25, -0.2) is 4.98 Å². The number of aromatic nitrogens is 1. The Kier molecular flexibility index (Phi) is 3.86. The highest BCUT2D eigenvalue weighted by Gasteiger charge is 2.16. The molecule has 0 aliphatic carbocycles. The summed E-state index contributed by atoms with van der Waals surface area (Å²) in [6.45, 7) is 2.36. The third-order valence-electron chi connectivity index (χ3n) is 2.52. The largest absolute Gasteiger partial charge is 0.481 e. The fourth-order valence-corrected chi connectivity index (χ4v) is 2.65. The molecule has 0 bridgehead atoms. The minimum absolute atomic E-state index is 0.761. The number of methoxy groups -OCH3 is 1. The predicted molar refractivity (Wildman–Crippen MR) is 63.3 cm³/mol. The fourth-order valence-electron chi connectivity index (χ4n) is 1.52. The third-order valence-corrected chi connectivity index (χ3v) is 3.74. The first-order valence-corrected chi connectivity index (χ1v) is 6.32. The van der Waals surface area contributed by atoms with Crippen LogP contribution in [0, 0.1) is 5.92 Å². The Morgan fingerprint density at radius 2 is 2.47 bits per heavy atom. The highest BCUT2D eigenvalue weighted by atomic mass is 32.2. The van der Waals surface area contributed by atoms with Crippen LogP contribution in [0.2, 0.25) is 0 Å². The second-order valence-corrected chi connectivity index (χ2v) is 4.74. The Balaban J connectivity index is 1.81. The molecule has 1 aliphatic rings. The Labute approximate surface area is 94.6 Å². The van der Waals surface area contributed by atoms with Gasteiger partial charge < -0.3 is 10.1 Å². The first-order chi connectivity index (χ1) is 7.40. The van der Waals surface area contributed by atoms with E-state index in [0.29, 0.717) is 0 Å². The van der Waals surface area contributed by atoms with Crippen LogP contribution in [0.1, 0.15) is 5.56 Å². The smallest absolute Gasteiger partial charge is 0.217 e. The number of hydrogen-bond acceptors (Lipinski definition) is 4. The summed E-state index contributed by atoms with van der Waals surface area (Å²) in [6.07, 6.45) is 1.77. The van der Waals surface area contributed by atoms with Crippen LogP contribution in [-0.2, 0) is 5.75 Å². The topological polar surface area (TPSA) is 34.1 Å². The van der Waals surface area contributed by atoms with Crippen molar-refractivity contribution in [3.63, 3.8) is 0 Å². The molecule has 1 fully saturated rings. The van der Waals surface area contributed by atoms with Crippen molar-refractivity contribution in [1.82, 2.24) is 10.3 Å². The molecule has 0 saturated carbocycles. The van der Waals surface area contributed by atoms with Gasteiger partial charge in [0.15, 0.2) is 0 Å². The summed E-state index contributed by atoms with van der Waals surface area (Å²) in [4.78, 5) is 4.18. The van der Waals surface area contributed by atoms with Gasteiger partial charge in [-0.3, -0.25) is 0 Å². The summed E-state index contributed by atoms with van der Waals surface area (Å²) in [5, 5.41) is 3.28. The van der Waals surface area contributed by atoms with E-state index < -0.39 is 0 Å². The SMILES string of the molecule is COc1ncccc1CSCC1CNC1. The van der Waals surface area contributed by atoms with Crippen LogP contribution in [0.25, 0.3) is 0 Å². The van der Waals surface area contributed by atoms with Crippen molar-refractivity contribution < 1.29 is 4.74 Å². The van der Waals surface area contributed by atoms with Crippen molar-refractivity contribution in [1.29, 1.82) is 0 Å². The molecule has 0 amide bonds. The quantitative estimate of drug-likeness (QED) is 0.822. The van der Waals surface area contributed by atoms with Crippen molar-refractivity contribution in [3.05, 3.63) is 23.9 Å². The minimum atomic E-state index is 0.761. The van der Waals surface area contributed by atoms with Crippen LogP contribution in [0.15, 0.2) is 18.3 Å². The van der Waals surface area contributed by atoms with E-state index >= 15 is 0 Å². The molecule has 2 heterocycles. The van der Waals surface area contributed by atoms with E-state index in [1.807, 2.05) is 17.8 Å². The van der Waals surface area contributed by atoms with E-state index in [4.69, 9.17) is 4.74 Å². The zero-order chi connectivity index (χ0) is 10.5. The Morgan fingerprint density at radius 3 is 3.13 bits per heavy atom. The first-order valence-electron chi connectivity index (χ1n) is 5.16. The van der Waals surface area contributed by atoms with Crippen molar-refractivity contribution >= 4 is 11.8 Å². The van der Waals surface area contributed by atoms with Gasteiger partial charge in [0, 0.05) is 17.5 Å². The van der Waals surface area contributed by atoms with Crippen molar-refractivity contribution in [2.75, 3.05) is 26.0 Å². The van der Waals surface area contributed by atoms with Gasteiger partial charge in [0.05, 0.1) is 7.11 Å². The molecule has 2 rings (SSSR count). The molecule has 0 unspecified atom stereocenters. The summed E-state index contributed by atoms with van der Waals surface area (Å²) >= 11 is 1.96. The maximum Gasteiger partial charge on any atom is 0.217 e. The molecule has 0 radical (unpaired) electrons. The molecular weight excluding hydrogens is 208 g/mol. The number of pyridine rings is 1. The summed E-state index contributed by atoms with van der Waals surface area (Å²) in [6, 6.07) is 4.04. The second-order valence-electron chi connectivity index (χ2n) is 3.71. The summed E-state index contributed by atoms with van der Waals surface area (Å²) in [5.74, 6) is 3.84. The average Bonchev–Trinajstić information content (AvgIpc) is 2.22. The van der Waals surface area contributed by atoms with Crippen molar-refractivity contribution in [3.8, 4) is 5.88 Å². The lowest BCUT2D eigenvalue weighted by atomic mass is 10.1. The van der Waals surface area contributed by atoms with Crippen molar-refractivity contribution in [2.45, 2.75) is 5.75 Å². The van der Waals surface area contributed by atoms with Gasteiger partial charge in [0.25, 0.3) is 0 Å². The maximum absolute atomic E-state index is 5.21. The number of rotatable bonds is 5. The van der Waals surface area contributed by atoms with E-state index in [1.165, 1.54) is 24.4 Å². The molecule has 15 heavy (non-hydrogen) atoms. The van der Waals surface area contributed by atoms with Crippen LogP contribution >= 0.6 is 11.8 Å². The molecule has 0 atom stereocenters. The third kappa shape index (κ3) is 2.86. The van der Waals surface area contributed by atoms with E-state index in [-0.39, 0.29) is 0 Å². The summed E-state index contributed by atoms with van der Waals surface area (Å²) in [5.41, 5.74) is 1.19. The lowest BCUT2D eigenvalue weighted by Crippen LogP contribution is -2.43. The molecule has 1 saturated heterocycles. The van der Waals surface area contributed by atoms with Crippen LogP contribution in [0.3, 0.4) is 0 Å². The lowest BCUT2D eigenvalue weighted by molar-refractivity contribution is 0.385.